The Balaban J connectivity index is 0.961. The monoisotopic (exact) mass is 712 g/mol. The number of benzene rings is 3. The van der Waals surface area contributed by atoms with Crippen molar-refractivity contribution >= 4 is 57.1 Å². The number of carbonyl (C=O) groups is 1. The second-order valence-electron chi connectivity index (χ2n) is 12.7. The van der Waals surface area contributed by atoms with Crippen molar-refractivity contribution < 1.29 is 14.3 Å². The van der Waals surface area contributed by atoms with E-state index < -0.39 is 5.91 Å². The Morgan fingerprint density at radius 1 is 1.04 bits per heavy atom. The van der Waals surface area contributed by atoms with Crippen molar-refractivity contribution in [3.8, 4) is 28.8 Å². The molecule has 14 heteroatoms. The fourth-order valence-electron chi connectivity index (χ4n) is 6.52. The van der Waals surface area contributed by atoms with Gasteiger partial charge in [0.1, 0.15) is 17.2 Å². The normalized spacial score (nSPS) is 14.6. The lowest BCUT2D eigenvalue weighted by atomic mass is 10.0. The summed E-state index contributed by atoms with van der Waals surface area (Å²) < 4.78 is 13.4. The minimum Gasteiger partial charge on any atom is -0.454 e. The number of nitriles is 1. The molecule has 2 aliphatic rings. The highest BCUT2D eigenvalue weighted by atomic mass is 32.2. The van der Waals surface area contributed by atoms with Crippen molar-refractivity contribution in [1.82, 2.24) is 34.9 Å². The van der Waals surface area contributed by atoms with Gasteiger partial charge in [0.2, 0.25) is 6.79 Å². The molecule has 52 heavy (non-hydrogen) atoms. The van der Waals surface area contributed by atoms with Gasteiger partial charge in [0, 0.05) is 67.8 Å². The Bertz CT molecular complexity index is 2360. The number of nitrogen functional groups attached to an aromatic ring is 1. The molecule has 5 heterocycles. The van der Waals surface area contributed by atoms with Crippen molar-refractivity contribution in [3.63, 3.8) is 0 Å². The van der Waals surface area contributed by atoms with Crippen LogP contribution in [0.1, 0.15) is 12.0 Å². The van der Waals surface area contributed by atoms with Gasteiger partial charge < -0.3 is 34.9 Å². The van der Waals surface area contributed by atoms with E-state index in [4.69, 9.17) is 20.2 Å². The maximum atomic E-state index is 13.2. The average molecular weight is 713 g/mol. The molecule has 3 aromatic heterocycles. The van der Waals surface area contributed by atoms with Crippen molar-refractivity contribution in [2.45, 2.75) is 23.0 Å². The maximum absolute atomic E-state index is 13.2. The fourth-order valence-corrected chi connectivity index (χ4v) is 7.60. The summed E-state index contributed by atoms with van der Waals surface area (Å²) in [5, 5.41) is 22.9. The van der Waals surface area contributed by atoms with Gasteiger partial charge in [-0.05, 0) is 78.3 Å². The number of aryl methyl sites for hydroxylation is 1. The fraction of sp³-hybridized carbons (Fsp3) is 0.237. The molecule has 1 fully saturated rings. The number of piperazine rings is 1. The number of imidazole rings is 1. The van der Waals surface area contributed by atoms with E-state index in [0.717, 1.165) is 64.2 Å². The number of hydrogen-bond acceptors (Lipinski definition) is 11. The van der Waals surface area contributed by atoms with E-state index in [-0.39, 0.29) is 12.4 Å². The van der Waals surface area contributed by atoms with Crippen LogP contribution in [-0.4, -0.2) is 82.1 Å². The highest BCUT2D eigenvalue weighted by molar-refractivity contribution is 7.99. The Kier molecular flexibility index (Phi) is 9.11. The van der Waals surface area contributed by atoms with Crippen LogP contribution in [-0.2, 0) is 11.3 Å². The van der Waals surface area contributed by atoms with Crippen LogP contribution in [0.25, 0.3) is 39.1 Å². The number of hydrogen-bond donors (Lipinski definition) is 3. The molecule has 8 rings (SSSR count). The number of ether oxygens (including phenoxy) is 2. The zero-order chi connectivity index (χ0) is 35.6. The second-order valence-corrected chi connectivity index (χ2v) is 13.8. The maximum Gasteiger partial charge on any atom is 0.261 e. The smallest absolute Gasteiger partial charge is 0.261 e. The molecule has 0 saturated carbocycles. The van der Waals surface area contributed by atoms with Gasteiger partial charge in [-0.3, -0.25) is 9.89 Å². The largest absolute Gasteiger partial charge is 0.454 e. The van der Waals surface area contributed by atoms with E-state index in [1.807, 2.05) is 42.5 Å². The summed E-state index contributed by atoms with van der Waals surface area (Å²) in [6.45, 7) is 5.13. The van der Waals surface area contributed by atoms with Crippen molar-refractivity contribution in [2.24, 2.45) is 0 Å². The molecule has 0 radical (unpaired) electrons. The predicted octanol–water partition coefficient (Wildman–Crippen LogP) is 5.30. The molecule has 1 amide bonds. The lowest BCUT2D eigenvalue weighted by Crippen LogP contribution is -2.44. The van der Waals surface area contributed by atoms with Gasteiger partial charge >= 0.3 is 0 Å². The molecule has 3 aromatic carbocycles. The molecule has 6 aromatic rings. The number of nitrogens with one attached hydrogen (secondary N) is 2. The van der Waals surface area contributed by atoms with Crippen LogP contribution in [0.2, 0.25) is 0 Å². The Hall–Kier alpha value is -6.04. The highest BCUT2D eigenvalue weighted by Gasteiger charge is 2.22. The molecule has 13 nitrogen and oxygen atoms in total. The standard InChI is InChI=1S/C38H36N10O3S/c1-46-13-15-47(16-14-46)28-6-5-25-17-24(3-4-26(25)19-28)18-27(22-39)37(49)42-9-2-12-48-31-8-10-41-36(40)35(31)44-38(48)52-34-21-33-32(50-23-51-33)20-29(34)30-7-11-43-45-30/h3-8,10-11,17-21H,2,9,12-16,23H2,1H3,(H2,40,41)(H,42,49)(H,43,45)/b27-18+. The second kappa shape index (κ2) is 14.3. The van der Waals surface area contributed by atoms with E-state index in [0.29, 0.717) is 47.5 Å². The number of amides is 1. The molecule has 0 unspecified atom stereocenters. The van der Waals surface area contributed by atoms with Crippen LogP contribution in [0.15, 0.2) is 88.7 Å². The van der Waals surface area contributed by atoms with Gasteiger partial charge in [-0.25, -0.2) is 9.97 Å². The van der Waals surface area contributed by atoms with Crippen LogP contribution in [0, 0.1) is 11.3 Å². The Labute approximate surface area is 304 Å². The number of carbonyl (C=O) groups excluding carboxylic acids is 1. The van der Waals surface area contributed by atoms with Gasteiger partial charge in [-0.2, -0.15) is 10.4 Å². The summed E-state index contributed by atoms with van der Waals surface area (Å²) in [4.78, 5) is 27.9. The molecule has 0 bridgehead atoms. The first kappa shape index (κ1) is 33.1. The molecule has 0 atom stereocenters. The van der Waals surface area contributed by atoms with E-state index in [1.54, 1.807) is 18.5 Å². The number of H-pyrrole nitrogens is 1. The minimum absolute atomic E-state index is 0.0470. The lowest BCUT2D eigenvalue weighted by molar-refractivity contribution is -0.117. The Morgan fingerprint density at radius 2 is 1.85 bits per heavy atom. The molecule has 1 saturated heterocycles. The number of pyridine rings is 1. The van der Waals surface area contributed by atoms with Gasteiger partial charge in [0.25, 0.3) is 5.91 Å². The number of nitrogens with two attached hydrogens (primary N) is 1. The van der Waals surface area contributed by atoms with Crippen molar-refractivity contribution in [2.75, 3.05) is 57.2 Å². The number of rotatable bonds is 10. The number of aromatic nitrogens is 5. The van der Waals surface area contributed by atoms with Crippen LogP contribution in [0.4, 0.5) is 11.5 Å². The molecule has 2 aliphatic heterocycles. The quantitative estimate of drug-likeness (QED) is 0.0960. The molecule has 4 N–H and O–H groups in total. The summed E-state index contributed by atoms with van der Waals surface area (Å²) >= 11 is 1.46. The average Bonchev–Trinajstić information content (AvgIpc) is 3.93. The van der Waals surface area contributed by atoms with E-state index in [2.05, 4.69) is 66.2 Å². The lowest BCUT2D eigenvalue weighted by Gasteiger charge is -2.34. The van der Waals surface area contributed by atoms with Crippen LogP contribution in [0.3, 0.4) is 0 Å². The van der Waals surface area contributed by atoms with E-state index >= 15 is 0 Å². The van der Waals surface area contributed by atoms with Crippen LogP contribution in [0.5, 0.6) is 11.5 Å². The van der Waals surface area contributed by atoms with Gasteiger partial charge in [-0.1, -0.05) is 30.0 Å². The number of nitrogens with zero attached hydrogens (tertiary/aromatic N) is 7. The van der Waals surface area contributed by atoms with Crippen LogP contribution < -0.4 is 25.4 Å². The third kappa shape index (κ3) is 6.71. The summed E-state index contributed by atoms with van der Waals surface area (Å²) in [7, 11) is 2.15. The summed E-state index contributed by atoms with van der Waals surface area (Å²) in [6.07, 6.45) is 5.57. The minimum atomic E-state index is -0.420. The molecule has 0 spiro atoms. The van der Waals surface area contributed by atoms with E-state index in [9.17, 15) is 10.1 Å². The molecular weight excluding hydrogens is 677 g/mol. The van der Waals surface area contributed by atoms with Gasteiger partial charge in [0.15, 0.2) is 22.5 Å². The number of fused-ring (bicyclic) bond motifs is 3. The predicted molar refractivity (Wildman–Crippen MR) is 201 cm³/mol. The topological polar surface area (TPSA) is 163 Å². The first-order valence-corrected chi connectivity index (χ1v) is 17.8. The van der Waals surface area contributed by atoms with Gasteiger partial charge in [-0.15, -0.1) is 0 Å². The third-order valence-corrected chi connectivity index (χ3v) is 10.4. The van der Waals surface area contributed by atoms with Crippen molar-refractivity contribution in [3.05, 3.63) is 84.2 Å². The summed E-state index contributed by atoms with van der Waals surface area (Å²) in [5.74, 6) is 1.22. The van der Waals surface area contributed by atoms with E-state index in [1.165, 1.54) is 17.4 Å². The SMILES string of the molecule is CN1CCN(c2ccc3cc(/C=C(\C#N)C(=O)NCCCn4c(Sc5cc6c(cc5-c5ccn[nH]5)OCO6)nc5c(N)nccc54)ccc3c2)CC1. The zero-order valence-electron chi connectivity index (χ0n) is 28.5. The number of likely N-dealkylation sites (N-methyl/N-ethyl adjacent to an activating group) is 1. The van der Waals surface area contributed by atoms with Crippen molar-refractivity contribution in [1.29, 1.82) is 5.26 Å². The molecular formula is C38H36N10O3S. The Morgan fingerprint density at radius 3 is 2.65 bits per heavy atom. The van der Waals surface area contributed by atoms with Gasteiger partial charge in [0.05, 0.1) is 11.2 Å². The zero-order valence-corrected chi connectivity index (χ0v) is 29.3. The summed E-state index contributed by atoms with van der Waals surface area (Å²) in [6, 6.07) is 22.2. The highest BCUT2D eigenvalue weighted by Crippen LogP contribution is 2.44. The summed E-state index contributed by atoms with van der Waals surface area (Å²) in [5.41, 5.74) is 11.4. The third-order valence-electron chi connectivity index (χ3n) is 9.36. The number of anilines is 2. The van der Waals surface area contributed by atoms with Crippen LogP contribution >= 0.6 is 11.8 Å². The number of aromatic amines is 1. The first-order valence-electron chi connectivity index (χ1n) is 17.0. The molecule has 262 valence electrons. The molecule has 0 aliphatic carbocycles. The first-order chi connectivity index (χ1) is 25.4.